The van der Waals surface area contributed by atoms with Crippen LogP contribution in [0.3, 0.4) is 0 Å². The van der Waals surface area contributed by atoms with Gasteiger partial charge in [-0.05, 0) is 89.9 Å². The minimum absolute atomic E-state index is 0.0707. The van der Waals surface area contributed by atoms with E-state index in [1.807, 2.05) is 65.5 Å². The predicted octanol–water partition coefficient (Wildman–Crippen LogP) is 8.53. The summed E-state index contributed by atoms with van der Waals surface area (Å²) in [5, 5.41) is 5.51. The standard InChI is InChI=1S/C43H34N4O2/c1-30(48)29-45-23-20-32(21-24-45)38(43(49)44-34-10-4-2-5-11-34)27-31-16-18-40-33(26-31)22-25-46(40)36-17-19-42-39(28-36)37-14-8-9-15-41(37)47(42)35-12-6-3-7-13-35/h2-21,23-24,26-28H,22,25,29H2,1H3/p+1. The first-order valence-corrected chi connectivity index (χ1v) is 16.6. The van der Waals surface area contributed by atoms with E-state index in [4.69, 9.17) is 0 Å². The van der Waals surface area contributed by atoms with Crippen LogP contribution in [0.5, 0.6) is 0 Å². The van der Waals surface area contributed by atoms with Gasteiger partial charge in [0, 0.05) is 64.7 Å². The zero-order valence-corrected chi connectivity index (χ0v) is 27.2. The lowest BCUT2D eigenvalue weighted by Gasteiger charge is -2.20. The van der Waals surface area contributed by atoms with Crippen LogP contribution >= 0.6 is 0 Å². The van der Waals surface area contributed by atoms with Crippen molar-refractivity contribution in [1.29, 1.82) is 0 Å². The van der Waals surface area contributed by atoms with Crippen molar-refractivity contribution in [1.82, 2.24) is 4.57 Å². The van der Waals surface area contributed by atoms with Gasteiger partial charge in [-0.1, -0.05) is 60.7 Å². The zero-order chi connectivity index (χ0) is 33.3. The van der Waals surface area contributed by atoms with Gasteiger partial charge in [0.1, 0.15) is 0 Å². The Hall–Kier alpha value is -6.27. The second kappa shape index (κ2) is 12.7. The maximum atomic E-state index is 13.7. The van der Waals surface area contributed by atoms with Gasteiger partial charge >= 0.3 is 0 Å². The maximum absolute atomic E-state index is 13.7. The van der Waals surface area contributed by atoms with Crippen LogP contribution in [-0.4, -0.2) is 22.8 Å². The fraction of sp³-hybridized carbons (Fsp3) is 0.0930. The van der Waals surface area contributed by atoms with E-state index in [2.05, 4.69) is 106 Å². The van der Waals surface area contributed by atoms with E-state index in [-0.39, 0.29) is 11.7 Å². The second-order valence-electron chi connectivity index (χ2n) is 12.5. The molecule has 0 fully saturated rings. The number of aromatic nitrogens is 2. The van der Waals surface area contributed by atoms with Crippen LogP contribution in [0.1, 0.15) is 23.6 Å². The molecule has 7 aromatic rings. The maximum Gasteiger partial charge on any atom is 0.256 e. The molecule has 0 unspecified atom stereocenters. The molecule has 0 bridgehead atoms. The van der Waals surface area contributed by atoms with Gasteiger partial charge < -0.3 is 14.8 Å². The fourth-order valence-electron chi connectivity index (χ4n) is 6.93. The van der Waals surface area contributed by atoms with Crippen molar-refractivity contribution >= 4 is 62.2 Å². The molecule has 3 heterocycles. The molecule has 1 aliphatic rings. The summed E-state index contributed by atoms with van der Waals surface area (Å²) < 4.78 is 4.16. The molecule has 0 aliphatic carbocycles. The molecule has 1 amide bonds. The van der Waals surface area contributed by atoms with Gasteiger partial charge in [0.25, 0.3) is 5.91 Å². The second-order valence-corrected chi connectivity index (χ2v) is 12.5. The molecular formula is C43H35N4O2+. The first kappa shape index (κ1) is 30.1. The van der Waals surface area contributed by atoms with Crippen LogP contribution in [0.2, 0.25) is 0 Å². The summed E-state index contributed by atoms with van der Waals surface area (Å²) in [4.78, 5) is 27.7. The zero-order valence-electron chi connectivity index (χ0n) is 27.2. The molecule has 2 aromatic heterocycles. The fourth-order valence-corrected chi connectivity index (χ4v) is 6.93. The van der Waals surface area contributed by atoms with Crippen molar-refractivity contribution in [3.63, 3.8) is 0 Å². The molecule has 6 heteroatoms. The number of benzene rings is 5. The minimum atomic E-state index is -0.194. The number of anilines is 3. The Morgan fingerprint density at radius 3 is 2.22 bits per heavy atom. The van der Waals surface area contributed by atoms with E-state index < -0.39 is 0 Å². The van der Waals surface area contributed by atoms with E-state index in [9.17, 15) is 9.59 Å². The molecule has 0 radical (unpaired) electrons. The molecule has 49 heavy (non-hydrogen) atoms. The van der Waals surface area contributed by atoms with Crippen molar-refractivity contribution in [3.8, 4) is 5.69 Å². The number of ketones is 1. The van der Waals surface area contributed by atoms with Crippen molar-refractivity contribution in [2.75, 3.05) is 16.8 Å². The summed E-state index contributed by atoms with van der Waals surface area (Å²) in [7, 11) is 0. The first-order chi connectivity index (χ1) is 24.0. The van der Waals surface area contributed by atoms with Crippen molar-refractivity contribution in [2.24, 2.45) is 0 Å². The monoisotopic (exact) mass is 639 g/mol. The molecule has 6 nitrogen and oxygen atoms in total. The Balaban J connectivity index is 1.14. The molecule has 238 valence electrons. The van der Waals surface area contributed by atoms with Gasteiger partial charge in [0.2, 0.25) is 6.54 Å². The number of para-hydroxylation sites is 3. The molecular weight excluding hydrogens is 604 g/mol. The van der Waals surface area contributed by atoms with Crippen molar-refractivity contribution < 1.29 is 14.2 Å². The third-order valence-corrected chi connectivity index (χ3v) is 9.18. The molecule has 0 spiro atoms. The van der Waals surface area contributed by atoms with Gasteiger partial charge in [0.15, 0.2) is 18.2 Å². The van der Waals surface area contributed by atoms with Crippen LogP contribution in [0, 0.1) is 0 Å². The summed E-state index contributed by atoms with van der Waals surface area (Å²) in [6.07, 6.45) is 6.54. The Kier molecular flexibility index (Phi) is 7.82. The number of fused-ring (bicyclic) bond motifs is 4. The molecule has 5 aromatic carbocycles. The van der Waals surface area contributed by atoms with Crippen molar-refractivity contribution in [3.05, 3.63) is 163 Å². The predicted molar refractivity (Wildman–Crippen MR) is 198 cm³/mol. The lowest BCUT2D eigenvalue weighted by atomic mass is 10.0. The number of hydrogen-bond donors (Lipinski definition) is 1. The van der Waals surface area contributed by atoms with Crippen molar-refractivity contribution in [2.45, 2.75) is 19.9 Å². The number of pyridine rings is 1. The van der Waals surface area contributed by atoms with Crippen LogP contribution in [0.25, 0.3) is 39.1 Å². The Labute approximate surface area is 285 Å². The Morgan fingerprint density at radius 1 is 0.735 bits per heavy atom. The first-order valence-electron chi connectivity index (χ1n) is 16.6. The van der Waals surface area contributed by atoms with Gasteiger partial charge in [-0.25, -0.2) is 0 Å². The highest BCUT2D eigenvalue weighted by molar-refractivity contribution is 6.29. The summed E-state index contributed by atoms with van der Waals surface area (Å²) in [5.74, 6) is -0.123. The quantitative estimate of drug-likeness (QED) is 0.134. The number of rotatable bonds is 8. The smallest absolute Gasteiger partial charge is 0.256 e. The number of Topliss-reactive ketones (excluding diaryl/α,β-unsaturated/α-hetero) is 1. The molecule has 8 rings (SSSR count). The van der Waals surface area contributed by atoms with E-state index in [1.54, 1.807) is 6.92 Å². The molecule has 1 N–H and O–H groups in total. The number of hydrogen-bond acceptors (Lipinski definition) is 3. The Bertz CT molecular complexity index is 2380. The topological polar surface area (TPSA) is 58.2 Å². The highest BCUT2D eigenvalue weighted by Crippen LogP contribution is 2.39. The third kappa shape index (κ3) is 5.89. The number of amides is 1. The Morgan fingerprint density at radius 2 is 1.45 bits per heavy atom. The van der Waals surface area contributed by atoms with Gasteiger partial charge in [-0.3, -0.25) is 9.59 Å². The summed E-state index contributed by atoms with van der Waals surface area (Å²) >= 11 is 0. The van der Waals surface area contributed by atoms with Crippen LogP contribution in [0.15, 0.2) is 146 Å². The SMILES string of the molecule is CC(=O)C[n+]1ccc(/C(=C/c2ccc3c(c2)CCN3c2ccc3c(c2)c2ccccc2n3-c2ccccc2)C(=O)Nc2ccccc2)cc1. The summed E-state index contributed by atoms with van der Waals surface area (Å²) in [5.41, 5.74) is 10.1. The highest BCUT2D eigenvalue weighted by atomic mass is 16.1. The lowest BCUT2D eigenvalue weighted by Crippen LogP contribution is -2.36. The van der Waals surface area contributed by atoms with Crippen LogP contribution in [0.4, 0.5) is 17.1 Å². The lowest BCUT2D eigenvalue weighted by molar-refractivity contribution is -0.684. The molecule has 0 saturated carbocycles. The average molecular weight is 640 g/mol. The van der Waals surface area contributed by atoms with Crippen LogP contribution in [-0.2, 0) is 22.6 Å². The van der Waals surface area contributed by atoms with E-state index in [0.717, 1.165) is 41.2 Å². The number of carbonyl (C=O) groups is 2. The van der Waals surface area contributed by atoms with Gasteiger partial charge in [-0.15, -0.1) is 0 Å². The number of nitrogens with zero attached hydrogens (tertiary/aromatic N) is 3. The highest BCUT2D eigenvalue weighted by Gasteiger charge is 2.23. The van der Waals surface area contributed by atoms with E-state index >= 15 is 0 Å². The van der Waals surface area contributed by atoms with E-state index in [1.165, 1.54) is 33.1 Å². The molecule has 0 saturated heterocycles. The normalized spacial score (nSPS) is 12.8. The summed E-state index contributed by atoms with van der Waals surface area (Å²) in [6.45, 7) is 2.73. The number of nitrogens with one attached hydrogen (secondary N) is 1. The van der Waals surface area contributed by atoms with Gasteiger partial charge in [0.05, 0.1) is 11.0 Å². The average Bonchev–Trinajstić information content (AvgIpc) is 3.70. The minimum Gasteiger partial charge on any atom is -0.341 e. The molecule has 0 atom stereocenters. The van der Waals surface area contributed by atoms with E-state index in [0.29, 0.717) is 12.1 Å². The number of carbonyl (C=O) groups excluding carboxylic acids is 2. The van der Waals surface area contributed by atoms with Gasteiger partial charge in [-0.2, -0.15) is 4.57 Å². The largest absolute Gasteiger partial charge is 0.341 e. The van der Waals surface area contributed by atoms with Crippen LogP contribution < -0.4 is 14.8 Å². The third-order valence-electron chi connectivity index (χ3n) is 9.18. The molecule has 1 aliphatic heterocycles. The summed E-state index contributed by atoms with van der Waals surface area (Å²) in [6, 6.07) is 45.6.